The summed E-state index contributed by atoms with van der Waals surface area (Å²) >= 11 is 0. The van der Waals surface area contributed by atoms with Crippen LogP contribution in [0.1, 0.15) is 17.2 Å². The summed E-state index contributed by atoms with van der Waals surface area (Å²) in [5.41, 5.74) is 1.58. The molecule has 2 N–H and O–H groups in total. The van der Waals surface area contributed by atoms with Crippen molar-refractivity contribution in [2.75, 3.05) is 13.7 Å². The monoisotopic (exact) mass is 275 g/mol. The Labute approximate surface area is 118 Å². The Hall–Kier alpha value is -1.91. The topological polar surface area (TPSA) is 41.5 Å². The molecule has 2 aromatic rings. The smallest absolute Gasteiger partial charge is 0.123 e. The summed E-state index contributed by atoms with van der Waals surface area (Å²) in [6.07, 6.45) is -0.736. The lowest BCUT2D eigenvalue weighted by atomic mass is 10.1. The molecule has 0 fully saturated rings. The van der Waals surface area contributed by atoms with Gasteiger partial charge in [-0.1, -0.05) is 30.3 Å². The van der Waals surface area contributed by atoms with Crippen LogP contribution in [0, 0.1) is 5.82 Å². The third-order valence-corrected chi connectivity index (χ3v) is 3.08. The molecule has 0 aliphatic carbocycles. The normalized spacial score (nSPS) is 12.2. The standard InChI is InChI=1S/C16H18FNO2/c1-20-16-8-3-2-5-13(16)10-18-11-15(19)12-6-4-7-14(17)9-12/h2-9,15,18-19H,10-11H2,1H3. The lowest BCUT2D eigenvalue weighted by Crippen LogP contribution is -2.21. The average Bonchev–Trinajstić information content (AvgIpc) is 2.47. The van der Waals surface area contributed by atoms with Gasteiger partial charge in [-0.05, 0) is 23.8 Å². The molecular weight excluding hydrogens is 257 g/mol. The van der Waals surface area contributed by atoms with Gasteiger partial charge in [-0.25, -0.2) is 4.39 Å². The van der Waals surface area contributed by atoms with E-state index in [0.29, 0.717) is 18.7 Å². The summed E-state index contributed by atoms with van der Waals surface area (Å²) in [7, 11) is 1.63. The van der Waals surface area contributed by atoms with E-state index in [1.165, 1.54) is 12.1 Å². The number of benzene rings is 2. The predicted molar refractivity (Wildman–Crippen MR) is 76.1 cm³/mol. The molecule has 1 atom stereocenters. The van der Waals surface area contributed by atoms with E-state index in [-0.39, 0.29) is 5.82 Å². The number of rotatable bonds is 6. The molecule has 2 aromatic carbocycles. The van der Waals surface area contributed by atoms with Gasteiger partial charge in [0.1, 0.15) is 11.6 Å². The van der Waals surface area contributed by atoms with Crippen LogP contribution in [0.4, 0.5) is 4.39 Å². The molecule has 0 spiro atoms. The molecule has 0 saturated heterocycles. The van der Waals surface area contributed by atoms with Crippen LogP contribution in [0.2, 0.25) is 0 Å². The number of aliphatic hydroxyl groups is 1. The summed E-state index contributed by atoms with van der Waals surface area (Å²) in [6, 6.07) is 13.7. The number of aliphatic hydroxyl groups excluding tert-OH is 1. The Bertz CT molecular complexity index is 560. The molecule has 1 unspecified atom stereocenters. The van der Waals surface area contributed by atoms with Crippen LogP contribution in [0.25, 0.3) is 0 Å². The number of hydrogen-bond donors (Lipinski definition) is 2. The minimum absolute atomic E-state index is 0.341. The fourth-order valence-electron chi connectivity index (χ4n) is 2.02. The third kappa shape index (κ3) is 3.79. The molecule has 20 heavy (non-hydrogen) atoms. The lowest BCUT2D eigenvalue weighted by molar-refractivity contribution is 0.174. The van der Waals surface area contributed by atoms with Crippen LogP contribution in [0.15, 0.2) is 48.5 Å². The first-order valence-corrected chi connectivity index (χ1v) is 6.47. The number of halogens is 1. The molecule has 0 radical (unpaired) electrons. The van der Waals surface area contributed by atoms with Crippen molar-refractivity contribution in [3.05, 3.63) is 65.5 Å². The van der Waals surface area contributed by atoms with Crippen molar-refractivity contribution in [3.63, 3.8) is 0 Å². The van der Waals surface area contributed by atoms with Gasteiger partial charge < -0.3 is 15.2 Å². The minimum atomic E-state index is -0.736. The molecule has 0 aliphatic heterocycles. The van der Waals surface area contributed by atoms with E-state index < -0.39 is 6.10 Å². The minimum Gasteiger partial charge on any atom is -0.496 e. The first-order chi connectivity index (χ1) is 9.70. The van der Waals surface area contributed by atoms with Crippen molar-refractivity contribution in [2.24, 2.45) is 0 Å². The maximum atomic E-state index is 13.1. The molecule has 3 nitrogen and oxygen atoms in total. The lowest BCUT2D eigenvalue weighted by Gasteiger charge is -2.13. The van der Waals surface area contributed by atoms with E-state index in [9.17, 15) is 9.50 Å². The van der Waals surface area contributed by atoms with Crippen LogP contribution < -0.4 is 10.1 Å². The predicted octanol–water partition coefficient (Wildman–Crippen LogP) is 2.66. The molecule has 0 amide bonds. The van der Waals surface area contributed by atoms with Gasteiger partial charge in [0.2, 0.25) is 0 Å². The highest BCUT2D eigenvalue weighted by Gasteiger charge is 2.08. The van der Waals surface area contributed by atoms with E-state index in [0.717, 1.165) is 11.3 Å². The van der Waals surface area contributed by atoms with Crippen molar-refractivity contribution < 1.29 is 14.2 Å². The van der Waals surface area contributed by atoms with Crippen molar-refractivity contribution in [1.82, 2.24) is 5.32 Å². The van der Waals surface area contributed by atoms with Crippen molar-refractivity contribution in [1.29, 1.82) is 0 Å². The second-order valence-electron chi connectivity index (χ2n) is 4.51. The summed E-state index contributed by atoms with van der Waals surface area (Å²) in [5, 5.41) is 13.1. The van der Waals surface area contributed by atoms with Crippen LogP contribution >= 0.6 is 0 Å². The van der Waals surface area contributed by atoms with Gasteiger partial charge in [0.15, 0.2) is 0 Å². The van der Waals surface area contributed by atoms with Crippen molar-refractivity contribution in [3.8, 4) is 5.75 Å². The molecular formula is C16H18FNO2. The van der Waals surface area contributed by atoms with Crippen molar-refractivity contribution in [2.45, 2.75) is 12.6 Å². The molecule has 0 aromatic heterocycles. The zero-order chi connectivity index (χ0) is 14.4. The van der Waals surface area contributed by atoms with Crippen molar-refractivity contribution >= 4 is 0 Å². The molecule has 0 aliphatic rings. The van der Waals surface area contributed by atoms with Gasteiger partial charge in [0.25, 0.3) is 0 Å². The fourth-order valence-corrected chi connectivity index (χ4v) is 2.02. The Balaban J connectivity index is 1.89. The van der Waals surface area contributed by atoms with Crippen LogP contribution in [0.3, 0.4) is 0 Å². The van der Waals surface area contributed by atoms with Gasteiger partial charge in [-0.3, -0.25) is 0 Å². The van der Waals surface area contributed by atoms with Crippen LogP contribution in [0.5, 0.6) is 5.75 Å². The molecule has 0 saturated carbocycles. The fraction of sp³-hybridized carbons (Fsp3) is 0.250. The molecule has 0 bridgehead atoms. The summed E-state index contributed by atoms with van der Waals surface area (Å²) in [6.45, 7) is 0.928. The van der Waals surface area contributed by atoms with Gasteiger partial charge in [0, 0.05) is 18.7 Å². The number of methoxy groups -OCH3 is 1. The van der Waals surface area contributed by atoms with Gasteiger partial charge in [-0.15, -0.1) is 0 Å². The van der Waals surface area contributed by atoms with Crippen LogP contribution in [-0.2, 0) is 6.54 Å². The maximum Gasteiger partial charge on any atom is 0.123 e. The Morgan fingerprint density at radius 3 is 2.75 bits per heavy atom. The van der Waals surface area contributed by atoms with Gasteiger partial charge in [0.05, 0.1) is 13.2 Å². The molecule has 0 heterocycles. The Kier molecular flexibility index (Phi) is 5.09. The summed E-state index contributed by atoms with van der Waals surface area (Å²) < 4.78 is 18.3. The van der Waals surface area contributed by atoms with Gasteiger partial charge in [-0.2, -0.15) is 0 Å². The van der Waals surface area contributed by atoms with E-state index in [4.69, 9.17) is 4.74 Å². The van der Waals surface area contributed by atoms with E-state index in [1.54, 1.807) is 19.2 Å². The number of ether oxygens (including phenoxy) is 1. The maximum absolute atomic E-state index is 13.1. The zero-order valence-electron chi connectivity index (χ0n) is 11.3. The number of nitrogens with one attached hydrogen (secondary N) is 1. The van der Waals surface area contributed by atoms with E-state index in [2.05, 4.69) is 5.32 Å². The first-order valence-electron chi connectivity index (χ1n) is 6.47. The average molecular weight is 275 g/mol. The third-order valence-electron chi connectivity index (χ3n) is 3.08. The van der Waals surface area contributed by atoms with E-state index in [1.807, 2.05) is 24.3 Å². The first kappa shape index (κ1) is 14.5. The highest BCUT2D eigenvalue weighted by molar-refractivity contribution is 5.33. The second-order valence-corrected chi connectivity index (χ2v) is 4.51. The summed E-state index contributed by atoms with van der Waals surface area (Å²) in [4.78, 5) is 0. The molecule has 4 heteroatoms. The highest BCUT2D eigenvalue weighted by atomic mass is 19.1. The SMILES string of the molecule is COc1ccccc1CNCC(O)c1cccc(F)c1. The largest absolute Gasteiger partial charge is 0.496 e. The second kappa shape index (κ2) is 7.03. The summed E-state index contributed by atoms with van der Waals surface area (Å²) in [5.74, 6) is 0.464. The Morgan fingerprint density at radius 1 is 1.20 bits per heavy atom. The van der Waals surface area contributed by atoms with E-state index >= 15 is 0 Å². The van der Waals surface area contributed by atoms with Crippen LogP contribution in [-0.4, -0.2) is 18.8 Å². The zero-order valence-corrected chi connectivity index (χ0v) is 11.3. The molecule has 2 rings (SSSR count). The highest BCUT2D eigenvalue weighted by Crippen LogP contribution is 2.17. The van der Waals surface area contributed by atoms with Gasteiger partial charge >= 0.3 is 0 Å². The Morgan fingerprint density at radius 2 is 2.00 bits per heavy atom. The molecule has 106 valence electrons. The number of para-hydroxylation sites is 1. The number of hydrogen-bond acceptors (Lipinski definition) is 3. The quantitative estimate of drug-likeness (QED) is 0.851.